The summed E-state index contributed by atoms with van der Waals surface area (Å²) in [4.78, 5) is 11.0. The molecule has 2 aromatic heterocycles. The van der Waals surface area contributed by atoms with Crippen molar-refractivity contribution in [1.29, 1.82) is 0 Å². The molecule has 0 amide bonds. The number of nitrogen functional groups attached to an aromatic ring is 1. The molecule has 3 N–H and O–H groups in total. The zero-order valence-electron chi connectivity index (χ0n) is 7.40. The maximum absolute atomic E-state index is 5.72. The molecule has 0 saturated heterocycles. The Morgan fingerprint density at radius 2 is 2.50 bits per heavy atom. The Morgan fingerprint density at radius 3 is 3.21 bits per heavy atom. The van der Waals surface area contributed by atoms with E-state index in [1.54, 1.807) is 17.0 Å². The second-order valence-electron chi connectivity index (χ2n) is 2.78. The molecule has 2 rings (SSSR count). The van der Waals surface area contributed by atoms with Crippen LogP contribution in [0.2, 0.25) is 0 Å². The fourth-order valence-electron chi connectivity index (χ4n) is 1.24. The highest BCUT2D eigenvalue weighted by molar-refractivity contribution is 7.71. The van der Waals surface area contributed by atoms with E-state index in [9.17, 15) is 0 Å². The van der Waals surface area contributed by atoms with E-state index in [1.807, 2.05) is 0 Å². The maximum Gasteiger partial charge on any atom is 0.203 e. The minimum atomic E-state index is 0.356. The summed E-state index contributed by atoms with van der Waals surface area (Å²) in [5.41, 5.74) is 7.00. The number of nitrogens with two attached hydrogens (primary N) is 1. The van der Waals surface area contributed by atoms with Crippen molar-refractivity contribution in [2.45, 2.75) is 6.54 Å². The number of rotatable bonds is 2. The summed E-state index contributed by atoms with van der Waals surface area (Å²) in [6.07, 6.45) is 3.27. The van der Waals surface area contributed by atoms with E-state index in [0.29, 0.717) is 22.8 Å². The lowest BCUT2D eigenvalue weighted by Gasteiger charge is -2.06. The minimum Gasteiger partial charge on any atom is -0.369 e. The van der Waals surface area contributed by atoms with Crippen molar-refractivity contribution in [3.05, 3.63) is 23.6 Å². The van der Waals surface area contributed by atoms with E-state index in [0.717, 1.165) is 5.52 Å². The van der Waals surface area contributed by atoms with Crippen LogP contribution in [0.15, 0.2) is 19.0 Å². The van der Waals surface area contributed by atoms with E-state index >= 15 is 0 Å². The third-order valence-corrected chi connectivity index (χ3v) is 2.31. The van der Waals surface area contributed by atoms with Gasteiger partial charge in [0.1, 0.15) is 10.2 Å². The van der Waals surface area contributed by atoms with Gasteiger partial charge in [0.25, 0.3) is 0 Å². The Balaban J connectivity index is 2.82. The molecule has 0 atom stereocenters. The normalized spacial score (nSPS) is 10.6. The molecule has 0 radical (unpaired) electrons. The van der Waals surface area contributed by atoms with E-state index in [1.165, 1.54) is 0 Å². The number of H-pyrrole nitrogens is 1. The second-order valence-corrected chi connectivity index (χ2v) is 3.16. The van der Waals surface area contributed by atoms with Gasteiger partial charge in [-0.05, 0) is 0 Å². The first-order valence-electron chi connectivity index (χ1n) is 4.04. The van der Waals surface area contributed by atoms with Crippen molar-refractivity contribution in [2.75, 3.05) is 5.73 Å². The van der Waals surface area contributed by atoms with Crippen molar-refractivity contribution < 1.29 is 0 Å². The summed E-state index contributed by atoms with van der Waals surface area (Å²) >= 11 is 5.22. The van der Waals surface area contributed by atoms with Crippen LogP contribution in [0.4, 0.5) is 5.95 Å². The van der Waals surface area contributed by atoms with E-state index in [-0.39, 0.29) is 0 Å². The standard InChI is InChI=1S/C8H9N5S/c1-2-3-13-7(14)5-6(11-4-10-5)12-8(13)9/h2,4H,1,3H2,(H2,9,12)(H,10,11). The largest absolute Gasteiger partial charge is 0.369 e. The molecular weight excluding hydrogens is 198 g/mol. The molecule has 2 aromatic rings. The van der Waals surface area contributed by atoms with Crippen LogP contribution in [0.3, 0.4) is 0 Å². The van der Waals surface area contributed by atoms with Crippen LogP contribution in [0.1, 0.15) is 0 Å². The van der Waals surface area contributed by atoms with Crippen LogP contribution in [-0.2, 0) is 6.54 Å². The lowest BCUT2D eigenvalue weighted by Crippen LogP contribution is -2.08. The third kappa shape index (κ3) is 1.20. The number of imidazole rings is 1. The molecule has 0 aliphatic carbocycles. The van der Waals surface area contributed by atoms with Crippen LogP contribution < -0.4 is 5.73 Å². The van der Waals surface area contributed by atoms with Gasteiger partial charge in [-0.15, -0.1) is 6.58 Å². The summed E-state index contributed by atoms with van der Waals surface area (Å²) in [6.45, 7) is 4.18. The summed E-state index contributed by atoms with van der Waals surface area (Å²) in [5.74, 6) is 0.356. The first kappa shape index (κ1) is 8.89. The number of anilines is 1. The second kappa shape index (κ2) is 3.22. The molecule has 0 bridgehead atoms. The molecule has 0 saturated carbocycles. The van der Waals surface area contributed by atoms with Crippen LogP contribution in [-0.4, -0.2) is 19.5 Å². The average Bonchev–Trinajstić information content (AvgIpc) is 2.60. The zero-order chi connectivity index (χ0) is 10.1. The molecule has 14 heavy (non-hydrogen) atoms. The van der Waals surface area contributed by atoms with Gasteiger partial charge >= 0.3 is 0 Å². The van der Waals surface area contributed by atoms with E-state index in [4.69, 9.17) is 18.0 Å². The topological polar surface area (TPSA) is 72.5 Å². The molecule has 0 unspecified atom stereocenters. The van der Waals surface area contributed by atoms with Crippen molar-refractivity contribution >= 4 is 29.3 Å². The monoisotopic (exact) mass is 207 g/mol. The van der Waals surface area contributed by atoms with Gasteiger partial charge < -0.3 is 10.7 Å². The van der Waals surface area contributed by atoms with E-state index < -0.39 is 0 Å². The quantitative estimate of drug-likeness (QED) is 0.574. The fraction of sp³-hybridized carbons (Fsp3) is 0.125. The highest BCUT2D eigenvalue weighted by Gasteiger charge is 2.05. The molecule has 6 heteroatoms. The van der Waals surface area contributed by atoms with Gasteiger partial charge in [-0.2, -0.15) is 4.98 Å². The van der Waals surface area contributed by atoms with Crippen LogP contribution >= 0.6 is 12.2 Å². The molecule has 0 aliphatic rings. The predicted molar refractivity (Wildman–Crippen MR) is 57.3 cm³/mol. The van der Waals surface area contributed by atoms with Crippen LogP contribution in [0.25, 0.3) is 11.2 Å². The highest BCUT2D eigenvalue weighted by atomic mass is 32.1. The molecule has 72 valence electrons. The van der Waals surface area contributed by atoms with Gasteiger partial charge in [0.2, 0.25) is 5.95 Å². The van der Waals surface area contributed by atoms with Gasteiger partial charge in [-0.25, -0.2) is 4.98 Å². The summed E-state index contributed by atoms with van der Waals surface area (Å²) in [5, 5.41) is 0. The smallest absolute Gasteiger partial charge is 0.203 e. The number of aromatic nitrogens is 4. The Kier molecular flexibility index (Phi) is 2.05. The Hall–Kier alpha value is -1.69. The van der Waals surface area contributed by atoms with Crippen LogP contribution in [0, 0.1) is 4.64 Å². The lowest BCUT2D eigenvalue weighted by molar-refractivity contribution is 0.801. The maximum atomic E-state index is 5.72. The number of nitrogens with zero attached hydrogens (tertiary/aromatic N) is 3. The SMILES string of the molecule is C=CCn1c(N)nc2nc[nH]c2c1=S. The summed E-state index contributed by atoms with van der Waals surface area (Å²) in [6, 6.07) is 0. The van der Waals surface area contributed by atoms with Gasteiger partial charge in [0, 0.05) is 6.54 Å². The minimum absolute atomic E-state index is 0.356. The van der Waals surface area contributed by atoms with Crippen molar-refractivity contribution in [2.24, 2.45) is 0 Å². The number of allylic oxidation sites excluding steroid dienone is 1. The predicted octanol–water partition coefficient (Wildman–Crippen LogP) is 1.26. The van der Waals surface area contributed by atoms with Crippen molar-refractivity contribution in [3.8, 4) is 0 Å². The molecule has 0 aromatic carbocycles. The van der Waals surface area contributed by atoms with Gasteiger partial charge in [0.05, 0.1) is 6.33 Å². The van der Waals surface area contributed by atoms with Gasteiger partial charge in [-0.1, -0.05) is 18.3 Å². The van der Waals surface area contributed by atoms with Crippen molar-refractivity contribution in [3.63, 3.8) is 0 Å². The molecule has 0 aliphatic heterocycles. The number of fused-ring (bicyclic) bond motifs is 1. The summed E-state index contributed by atoms with van der Waals surface area (Å²) in [7, 11) is 0. The highest BCUT2D eigenvalue weighted by Crippen LogP contribution is 2.12. The fourth-order valence-corrected chi connectivity index (χ4v) is 1.56. The lowest BCUT2D eigenvalue weighted by atomic mass is 10.5. The van der Waals surface area contributed by atoms with Gasteiger partial charge in [-0.3, -0.25) is 4.57 Å². The van der Waals surface area contributed by atoms with Crippen LogP contribution in [0.5, 0.6) is 0 Å². The molecule has 5 nitrogen and oxygen atoms in total. The zero-order valence-corrected chi connectivity index (χ0v) is 8.21. The number of aromatic amines is 1. The third-order valence-electron chi connectivity index (χ3n) is 1.89. The Bertz CT molecular complexity index is 538. The first-order valence-corrected chi connectivity index (χ1v) is 4.45. The number of hydrogen-bond donors (Lipinski definition) is 2. The summed E-state index contributed by atoms with van der Waals surface area (Å²) < 4.78 is 2.30. The number of nitrogens with one attached hydrogen (secondary N) is 1. The Morgan fingerprint density at radius 1 is 1.71 bits per heavy atom. The Labute approximate surface area is 85.3 Å². The number of hydrogen-bond acceptors (Lipinski definition) is 4. The van der Waals surface area contributed by atoms with Crippen molar-refractivity contribution in [1.82, 2.24) is 19.5 Å². The molecule has 2 heterocycles. The van der Waals surface area contributed by atoms with E-state index in [2.05, 4.69) is 21.5 Å². The van der Waals surface area contributed by atoms with Gasteiger partial charge in [0.15, 0.2) is 5.65 Å². The molecule has 0 fully saturated rings. The molecular formula is C8H9N5S. The first-order chi connectivity index (χ1) is 6.74. The molecule has 0 spiro atoms. The average molecular weight is 207 g/mol.